The molecule has 0 saturated heterocycles. The van der Waals surface area contributed by atoms with Crippen LogP contribution in [0.25, 0.3) is 6.08 Å². The molecule has 2 nitrogen and oxygen atoms in total. The van der Waals surface area contributed by atoms with Crippen molar-refractivity contribution >= 4 is 12.0 Å². The first-order chi connectivity index (χ1) is 6.69. The van der Waals surface area contributed by atoms with Gasteiger partial charge in [0.15, 0.2) is 0 Å². The summed E-state index contributed by atoms with van der Waals surface area (Å²) < 4.78 is 4.65. The molecule has 0 atom stereocenters. The quantitative estimate of drug-likeness (QED) is 0.670. The fourth-order valence-electron chi connectivity index (χ4n) is 1.24. The molecule has 0 fully saturated rings. The topological polar surface area (TPSA) is 26.3 Å². The van der Waals surface area contributed by atoms with Crippen LogP contribution in [0.2, 0.25) is 0 Å². The van der Waals surface area contributed by atoms with Crippen LogP contribution in [0, 0.1) is 6.92 Å². The second kappa shape index (κ2) is 4.61. The largest absolute Gasteiger partial charge is 0.465 e. The van der Waals surface area contributed by atoms with Gasteiger partial charge in [-0.2, -0.15) is 0 Å². The fraction of sp³-hybridized carbons (Fsp3) is 0.250. The van der Waals surface area contributed by atoms with E-state index in [0.29, 0.717) is 5.56 Å². The molecule has 0 aliphatic carbocycles. The van der Waals surface area contributed by atoms with Crippen LogP contribution in [-0.4, -0.2) is 13.1 Å². The smallest absolute Gasteiger partial charge is 0.337 e. The molecule has 0 aliphatic heterocycles. The molecule has 14 heavy (non-hydrogen) atoms. The standard InChI is InChI=1S/C12H14O2/c1-4-5-10-8-11(12(13)14-3)7-6-9(10)2/h4-8H,1-3H3/b5-4+. The van der Waals surface area contributed by atoms with E-state index in [4.69, 9.17) is 0 Å². The Labute approximate surface area is 84.2 Å². The minimum absolute atomic E-state index is 0.296. The summed E-state index contributed by atoms with van der Waals surface area (Å²) in [6, 6.07) is 5.52. The number of allylic oxidation sites excluding steroid dienone is 1. The van der Waals surface area contributed by atoms with Crippen LogP contribution in [0.5, 0.6) is 0 Å². The van der Waals surface area contributed by atoms with Gasteiger partial charge in [0.1, 0.15) is 0 Å². The Bertz CT molecular complexity index is 365. The number of carbonyl (C=O) groups excluding carboxylic acids is 1. The van der Waals surface area contributed by atoms with Crippen LogP contribution in [0.15, 0.2) is 24.3 Å². The number of benzene rings is 1. The van der Waals surface area contributed by atoms with Gasteiger partial charge >= 0.3 is 5.97 Å². The molecule has 0 N–H and O–H groups in total. The van der Waals surface area contributed by atoms with Gasteiger partial charge in [-0.3, -0.25) is 0 Å². The number of carbonyl (C=O) groups is 1. The molecule has 1 aromatic rings. The fourth-order valence-corrected chi connectivity index (χ4v) is 1.24. The van der Waals surface area contributed by atoms with Gasteiger partial charge in [-0.1, -0.05) is 18.2 Å². The van der Waals surface area contributed by atoms with E-state index in [9.17, 15) is 4.79 Å². The van der Waals surface area contributed by atoms with Crippen molar-refractivity contribution in [1.82, 2.24) is 0 Å². The summed E-state index contributed by atoms with van der Waals surface area (Å²) >= 11 is 0. The maximum atomic E-state index is 11.2. The van der Waals surface area contributed by atoms with Crippen molar-refractivity contribution in [1.29, 1.82) is 0 Å². The third-order valence-electron chi connectivity index (χ3n) is 2.05. The van der Waals surface area contributed by atoms with Gasteiger partial charge in [-0.05, 0) is 37.1 Å². The summed E-state index contributed by atoms with van der Waals surface area (Å²) in [7, 11) is 1.39. The SMILES string of the molecule is C/C=C/c1cc(C(=O)OC)ccc1C. The minimum atomic E-state index is -0.296. The van der Waals surface area contributed by atoms with E-state index in [0.717, 1.165) is 11.1 Å². The van der Waals surface area contributed by atoms with Gasteiger partial charge in [-0.15, -0.1) is 0 Å². The summed E-state index contributed by atoms with van der Waals surface area (Å²) in [5.41, 5.74) is 2.79. The molecule has 0 aliphatic rings. The molecule has 0 radical (unpaired) electrons. The molecule has 0 aromatic heterocycles. The Kier molecular flexibility index (Phi) is 3.46. The maximum absolute atomic E-state index is 11.2. The number of hydrogen-bond donors (Lipinski definition) is 0. The summed E-state index contributed by atoms with van der Waals surface area (Å²) in [6.45, 7) is 3.96. The zero-order chi connectivity index (χ0) is 10.6. The van der Waals surface area contributed by atoms with Gasteiger partial charge in [0.2, 0.25) is 0 Å². The van der Waals surface area contributed by atoms with Crippen molar-refractivity contribution in [3.8, 4) is 0 Å². The average Bonchev–Trinajstić information content (AvgIpc) is 2.20. The lowest BCUT2D eigenvalue weighted by atomic mass is 10.0. The Morgan fingerprint density at radius 1 is 1.43 bits per heavy atom. The first kappa shape index (κ1) is 10.5. The maximum Gasteiger partial charge on any atom is 0.337 e. The summed E-state index contributed by atoms with van der Waals surface area (Å²) in [5.74, 6) is -0.296. The summed E-state index contributed by atoms with van der Waals surface area (Å²) in [5, 5.41) is 0. The molecular weight excluding hydrogens is 176 g/mol. The Hall–Kier alpha value is -1.57. The van der Waals surface area contributed by atoms with Gasteiger partial charge in [0, 0.05) is 0 Å². The number of ether oxygens (including phenoxy) is 1. The van der Waals surface area contributed by atoms with E-state index in [1.165, 1.54) is 7.11 Å². The molecule has 0 amide bonds. The van der Waals surface area contributed by atoms with Crippen LogP contribution in [0.3, 0.4) is 0 Å². The molecule has 0 bridgehead atoms. The van der Waals surface area contributed by atoms with Gasteiger partial charge < -0.3 is 4.74 Å². The van der Waals surface area contributed by atoms with Crippen LogP contribution < -0.4 is 0 Å². The lowest BCUT2D eigenvalue weighted by molar-refractivity contribution is 0.0600. The molecule has 0 saturated carbocycles. The van der Waals surface area contributed by atoms with Crippen molar-refractivity contribution in [2.75, 3.05) is 7.11 Å². The van der Waals surface area contributed by atoms with E-state index < -0.39 is 0 Å². The van der Waals surface area contributed by atoms with Crippen molar-refractivity contribution in [3.05, 3.63) is 41.0 Å². The zero-order valence-electron chi connectivity index (χ0n) is 8.70. The first-order valence-electron chi connectivity index (χ1n) is 4.50. The Morgan fingerprint density at radius 2 is 2.14 bits per heavy atom. The highest BCUT2D eigenvalue weighted by Crippen LogP contribution is 2.13. The third-order valence-corrected chi connectivity index (χ3v) is 2.05. The van der Waals surface area contributed by atoms with Crippen LogP contribution in [0.1, 0.15) is 28.4 Å². The lowest BCUT2D eigenvalue weighted by Crippen LogP contribution is -2.01. The summed E-state index contributed by atoms with van der Waals surface area (Å²) in [6.07, 6.45) is 3.92. The van der Waals surface area contributed by atoms with Crippen LogP contribution in [0.4, 0.5) is 0 Å². The Balaban J connectivity index is 3.12. The van der Waals surface area contributed by atoms with Crippen molar-refractivity contribution in [2.45, 2.75) is 13.8 Å². The molecular formula is C12H14O2. The van der Waals surface area contributed by atoms with Crippen molar-refractivity contribution in [3.63, 3.8) is 0 Å². The lowest BCUT2D eigenvalue weighted by Gasteiger charge is -2.03. The van der Waals surface area contributed by atoms with Crippen LogP contribution in [-0.2, 0) is 4.74 Å². The molecule has 74 valence electrons. The number of aryl methyl sites for hydroxylation is 1. The van der Waals surface area contributed by atoms with Gasteiger partial charge in [0.05, 0.1) is 12.7 Å². The number of esters is 1. The first-order valence-corrected chi connectivity index (χ1v) is 4.50. The average molecular weight is 190 g/mol. The van der Waals surface area contributed by atoms with Crippen molar-refractivity contribution in [2.24, 2.45) is 0 Å². The number of hydrogen-bond acceptors (Lipinski definition) is 2. The molecule has 1 aromatic carbocycles. The van der Waals surface area contributed by atoms with E-state index in [2.05, 4.69) is 4.74 Å². The highest BCUT2D eigenvalue weighted by atomic mass is 16.5. The second-order valence-corrected chi connectivity index (χ2v) is 3.06. The minimum Gasteiger partial charge on any atom is -0.465 e. The van der Waals surface area contributed by atoms with Crippen molar-refractivity contribution < 1.29 is 9.53 Å². The van der Waals surface area contributed by atoms with E-state index in [1.54, 1.807) is 6.07 Å². The monoisotopic (exact) mass is 190 g/mol. The van der Waals surface area contributed by atoms with E-state index >= 15 is 0 Å². The molecule has 2 heteroatoms. The van der Waals surface area contributed by atoms with Gasteiger partial charge in [-0.25, -0.2) is 4.79 Å². The predicted molar refractivity (Wildman–Crippen MR) is 57.2 cm³/mol. The van der Waals surface area contributed by atoms with Crippen LogP contribution >= 0.6 is 0 Å². The predicted octanol–water partition coefficient (Wildman–Crippen LogP) is 2.81. The van der Waals surface area contributed by atoms with E-state index in [-0.39, 0.29) is 5.97 Å². The molecule has 0 unspecified atom stereocenters. The molecule has 0 heterocycles. The summed E-state index contributed by atoms with van der Waals surface area (Å²) in [4.78, 5) is 11.2. The highest BCUT2D eigenvalue weighted by Gasteiger charge is 2.05. The van der Waals surface area contributed by atoms with E-state index in [1.807, 2.05) is 38.1 Å². The normalized spacial score (nSPS) is 10.5. The van der Waals surface area contributed by atoms with Gasteiger partial charge in [0.25, 0.3) is 0 Å². The second-order valence-electron chi connectivity index (χ2n) is 3.06. The zero-order valence-corrected chi connectivity index (χ0v) is 8.70. The number of rotatable bonds is 2. The molecule has 0 spiro atoms. The number of methoxy groups -OCH3 is 1. The third kappa shape index (κ3) is 2.22. The Morgan fingerprint density at radius 3 is 2.71 bits per heavy atom. The molecule has 1 rings (SSSR count). The highest BCUT2D eigenvalue weighted by molar-refractivity contribution is 5.90.